The number of fused-ring (bicyclic) bond motifs is 1. The molecule has 0 saturated carbocycles. The molecule has 110 valence electrons. The number of allylic oxidation sites excluding steroid dienone is 1. The minimum atomic E-state index is -4.34. The SMILES string of the molecule is CO[Si](OC)(C1C=Cc2ccccc21)C(C)C(F)(F)F. The molecule has 0 bridgehead atoms. The second kappa shape index (κ2) is 5.35. The van der Waals surface area contributed by atoms with Gasteiger partial charge in [0.2, 0.25) is 0 Å². The monoisotopic (exact) mass is 302 g/mol. The molecule has 0 fully saturated rings. The van der Waals surface area contributed by atoms with Crippen LogP contribution >= 0.6 is 0 Å². The Morgan fingerprint density at radius 2 is 1.75 bits per heavy atom. The number of benzene rings is 1. The molecule has 0 amide bonds. The molecule has 0 radical (unpaired) electrons. The highest BCUT2D eigenvalue weighted by Gasteiger charge is 2.60. The summed E-state index contributed by atoms with van der Waals surface area (Å²) in [5.41, 5.74) is -0.298. The lowest BCUT2D eigenvalue weighted by atomic mass is 10.1. The number of hydrogen-bond acceptors (Lipinski definition) is 2. The van der Waals surface area contributed by atoms with E-state index < -0.39 is 25.8 Å². The van der Waals surface area contributed by atoms with E-state index in [9.17, 15) is 13.2 Å². The molecule has 0 spiro atoms. The fraction of sp³-hybridized carbons (Fsp3) is 0.429. The van der Waals surface area contributed by atoms with Crippen molar-refractivity contribution in [3.63, 3.8) is 0 Å². The predicted octanol–water partition coefficient (Wildman–Crippen LogP) is 4.02. The molecule has 1 aliphatic rings. The summed E-state index contributed by atoms with van der Waals surface area (Å²) < 4.78 is 50.3. The first kappa shape index (κ1) is 15.3. The Bertz CT molecular complexity index is 509. The highest BCUT2D eigenvalue weighted by Crippen LogP contribution is 2.48. The molecule has 2 rings (SSSR count). The van der Waals surface area contributed by atoms with Crippen molar-refractivity contribution in [3.8, 4) is 0 Å². The Hall–Kier alpha value is -1.11. The van der Waals surface area contributed by atoms with Gasteiger partial charge in [-0.1, -0.05) is 43.3 Å². The van der Waals surface area contributed by atoms with Gasteiger partial charge in [0, 0.05) is 19.8 Å². The summed E-state index contributed by atoms with van der Waals surface area (Å²) in [4.78, 5) is 0. The van der Waals surface area contributed by atoms with Crippen LogP contribution in [0.4, 0.5) is 13.2 Å². The van der Waals surface area contributed by atoms with Crippen LogP contribution in [0.5, 0.6) is 0 Å². The topological polar surface area (TPSA) is 18.5 Å². The molecule has 0 aromatic heterocycles. The van der Waals surface area contributed by atoms with Gasteiger partial charge in [0.05, 0.1) is 5.54 Å². The average Bonchev–Trinajstić information content (AvgIpc) is 2.84. The lowest BCUT2D eigenvalue weighted by Crippen LogP contribution is -2.53. The lowest BCUT2D eigenvalue weighted by molar-refractivity contribution is -0.138. The molecule has 1 aliphatic carbocycles. The van der Waals surface area contributed by atoms with E-state index >= 15 is 0 Å². The van der Waals surface area contributed by atoms with Crippen LogP contribution < -0.4 is 0 Å². The maximum Gasteiger partial charge on any atom is 0.393 e. The first-order chi connectivity index (χ1) is 9.36. The predicted molar refractivity (Wildman–Crippen MR) is 73.5 cm³/mol. The fourth-order valence-electron chi connectivity index (χ4n) is 2.79. The van der Waals surface area contributed by atoms with Crippen LogP contribution in [0.15, 0.2) is 30.3 Å². The number of rotatable bonds is 4. The molecule has 1 aromatic carbocycles. The molecule has 6 heteroatoms. The van der Waals surface area contributed by atoms with Crippen molar-refractivity contribution in [1.29, 1.82) is 0 Å². The quantitative estimate of drug-likeness (QED) is 0.782. The first-order valence-corrected chi connectivity index (χ1v) is 8.28. The van der Waals surface area contributed by atoms with Gasteiger partial charge in [-0.2, -0.15) is 13.2 Å². The van der Waals surface area contributed by atoms with Gasteiger partial charge in [0.15, 0.2) is 0 Å². The Kier molecular flexibility index (Phi) is 4.08. The average molecular weight is 302 g/mol. The van der Waals surface area contributed by atoms with Gasteiger partial charge in [-0.05, 0) is 11.1 Å². The van der Waals surface area contributed by atoms with Crippen LogP contribution in [0.3, 0.4) is 0 Å². The van der Waals surface area contributed by atoms with Crippen molar-refractivity contribution >= 4 is 14.6 Å². The molecule has 0 N–H and O–H groups in total. The summed E-state index contributed by atoms with van der Waals surface area (Å²) in [6.07, 6.45) is -0.737. The van der Waals surface area contributed by atoms with Crippen molar-refractivity contribution < 1.29 is 22.0 Å². The molecule has 2 atom stereocenters. The van der Waals surface area contributed by atoms with E-state index in [2.05, 4.69) is 0 Å². The van der Waals surface area contributed by atoms with Gasteiger partial charge in [-0.15, -0.1) is 0 Å². The summed E-state index contributed by atoms with van der Waals surface area (Å²) in [7, 11) is -0.888. The van der Waals surface area contributed by atoms with Crippen LogP contribution in [0.25, 0.3) is 6.08 Å². The Morgan fingerprint density at radius 1 is 1.15 bits per heavy atom. The zero-order valence-corrected chi connectivity index (χ0v) is 12.6. The van der Waals surface area contributed by atoms with E-state index in [1.165, 1.54) is 14.2 Å². The minimum Gasteiger partial charge on any atom is -0.397 e. The number of hydrogen-bond donors (Lipinski definition) is 0. The largest absolute Gasteiger partial charge is 0.397 e. The minimum absolute atomic E-state index is 0.453. The third-order valence-electron chi connectivity index (χ3n) is 3.97. The summed E-state index contributed by atoms with van der Waals surface area (Å²) >= 11 is 0. The molecule has 1 aromatic rings. The summed E-state index contributed by atoms with van der Waals surface area (Å²) in [6, 6.07) is 7.40. The van der Waals surface area contributed by atoms with Crippen LogP contribution in [0.2, 0.25) is 5.54 Å². The maximum atomic E-state index is 13.2. The summed E-state index contributed by atoms with van der Waals surface area (Å²) in [5.74, 6) is 0. The van der Waals surface area contributed by atoms with Crippen molar-refractivity contribution in [2.75, 3.05) is 14.2 Å². The summed E-state index contributed by atoms with van der Waals surface area (Å²) in [6.45, 7) is 1.15. The van der Waals surface area contributed by atoms with E-state index in [4.69, 9.17) is 8.85 Å². The van der Waals surface area contributed by atoms with Gasteiger partial charge in [-0.3, -0.25) is 0 Å². The van der Waals surface area contributed by atoms with E-state index in [1.807, 2.05) is 30.3 Å². The summed E-state index contributed by atoms with van der Waals surface area (Å²) in [5, 5.41) is 0. The second-order valence-electron chi connectivity index (χ2n) is 4.86. The van der Waals surface area contributed by atoms with Gasteiger partial charge in [-0.25, -0.2) is 0 Å². The first-order valence-electron chi connectivity index (χ1n) is 6.31. The van der Waals surface area contributed by atoms with Crippen molar-refractivity contribution in [2.24, 2.45) is 0 Å². The Labute approximate surface area is 117 Å². The molecule has 0 saturated heterocycles. The van der Waals surface area contributed by atoms with Crippen molar-refractivity contribution in [1.82, 2.24) is 0 Å². The van der Waals surface area contributed by atoms with Crippen LogP contribution in [0, 0.1) is 0 Å². The lowest BCUT2D eigenvalue weighted by Gasteiger charge is -2.38. The highest BCUT2D eigenvalue weighted by atomic mass is 28.4. The molecule has 0 heterocycles. The standard InChI is InChI=1S/C14H17F3O2Si/c1-10(14(15,16)17)20(18-2,19-3)13-9-8-11-6-4-5-7-12(11)13/h4-10,13H,1-3H3. The van der Waals surface area contributed by atoms with Crippen LogP contribution in [-0.2, 0) is 8.85 Å². The van der Waals surface area contributed by atoms with Crippen LogP contribution in [-0.4, -0.2) is 29.0 Å². The molecule has 0 aliphatic heterocycles. The smallest absolute Gasteiger partial charge is 0.393 e. The third kappa shape index (κ3) is 2.32. The second-order valence-corrected chi connectivity index (χ2v) is 8.61. The molecule has 2 nitrogen and oxygen atoms in total. The number of halogens is 3. The zero-order chi connectivity index (χ0) is 15.0. The number of alkyl halides is 3. The van der Waals surface area contributed by atoms with E-state index in [0.717, 1.165) is 18.1 Å². The zero-order valence-electron chi connectivity index (χ0n) is 11.6. The van der Waals surface area contributed by atoms with Crippen LogP contribution in [0.1, 0.15) is 23.6 Å². The molecular formula is C14H17F3O2Si. The molecule has 2 unspecified atom stereocenters. The van der Waals surface area contributed by atoms with E-state index in [0.29, 0.717) is 0 Å². The van der Waals surface area contributed by atoms with Gasteiger partial charge in [0.1, 0.15) is 0 Å². The van der Waals surface area contributed by atoms with Crippen molar-refractivity contribution in [2.45, 2.75) is 24.2 Å². The van der Waals surface area contributed by atoms with Gasteiger partial charge >= 0.3 is 14.7 Å². The fourth-order valence-corrected chi connectivity index (χ4v) is 6.23. The normalized spacial score (nSPS) is 20.0. The molecule has 20 heavy (non-hydrogen) atoms. The van der Waals surface area contributed by atoms with Crippen molar-refractivity contribution in [3.05, 3.63) is 41.5 Å². The Balaban J connectivity index is 2.48. The highest BCUT2D eigenvalue weighted by molar-refractivity contribution is 6.71. The van der Waals surface area contributed by atoms with Gasteiger partial charge < -0.3 is 8.85 Å². The van der Waals surface area contributed by atoms with E-state index in [-0.39, 0.29) is 0 Å². The Morgan fingerprint density at radius 3 is 2.30 bits per heavy atom. The third-order valence-corrected chi connectivity index (χ3v) is 8.15. The molecular weight excluding hydrogens is 285 g/mol. The van der Waals surface area contributed by atoms with Gasteiger partial charge in [0.25, 0.3) is 0 Å². The van der Waals surface area contributed by atoms with E-state index in [1.54, 1.807) is 6.08 Å². The maximum absolute atomic E-state index is 13.2.